The Hall–Kier alpha value is -1.57. The average Bonchev–Trinajstić information content (AvgIpc) is 3.36. The van der Waals surface area contributed by atoms with E-state index in [9.17, 15) is 9.59 Å². The van der Waals surface area contributed by atoms with E-state index in [0.717, 1.165) is 44.9 Å². The Morgan fingerprint density at radius 1 is 1.21 bits per heavy atom. The Morgan fingerprint density at radius 2 is 2.00 bits per heavy atom. The number of amides is 2. The molecule has 5 rings (SSSR count). The standard InChI is InChI=1S/C21H25N3O2S2/c1-21-7-6-19(25)24(21)17(14-28-21)20(26)23-10-8-22(9-11-23)12-15-13-27-18-5-3-2-4-16(15)18/h2-5,13,17H,6-12,14H2,1H3/t17-,21+/m1/s1. The van der Waals surface area contributed by atoms with Gasteiger partial charge in [-0.1, -0.05) is 18.2 Å². The van der Waals surface area contributed by atoms with E-state index in [-0.39, 0.29) is 22.7 Å². The Kier molecular flexibility index (Phi) is 4.64. The SMILES string of the molecule is C[C@]12CCC(=O)N1[C@@H](C(=O)N1CCN(Cc3csc4ccccc34)CC1)CS2. The van der Waals surface area contributed by atoms with Crippen molar-refractivity contribution in [1.29, 1.82) is 0 Å². The summed E-state index contributed by atoms with van der Waals surface area (Å²) >= 11 is 3.57. The number of thioether (sulfide) groups is 1. The summed E-state index contributed by atoms with van der Waals surface area (Å²) < 4.78 is 1.34. The van der Waals surface area contributed by atoms with Crippen molar-refractivity contribution in [3.8, 4) is 0 Å². The molecule has 2 atom stereocenters. The van der Waals surface area contributed by atoms with Crippen LogP contribution in [0.4, 0.5) is 0 Å². The van der Waals surface area contributed by atoms with E-state index < -0.39 is 0 Å². The van der Waals surface area contributed by atoms with Gasteiger partial charge in [-0.15, -0.1) is 23.1 Å². The molecule has 0 unspecified atom stereocenters. The van der Waals surface area contributed by atoms with E-state index in [1.54, 1.807) is 23.1 Å². The van der Waals surface area contributed by atoms with Crippen molar-refractivity contribution in [2.75, 3.05) is 31.9 Å². The van der Waals surface area contributed by atoms with Gasteiger partial charge in [-0.25, -0.2) is 0 Å². The number of hydrogen-bond donors (Lipinski definition) is 0. The van der Waals surface area contributed by atoms with E-state index in [1.165, 1.54) is 15.6 Å². The first kappa shape index (κ1) is 18.5. The zero-order valence-corrected chi connectivity index (χ0v) is 17.7. The third kappa shape index (κ3) is 3.04. The summed E-state index contributed by atoms with van der Waals surface area (Å²) in [6.07, 6.45) is 1.44. The van der Waals surface area contributed by atoms with Gasteiger partial charge in [-0.05, 0) is 35.7 Å². The molecule has 0 spiro atoms. The van der Waals surface area contributed by atoms with Gasteiger partial charge < -0.3 is 9.80 Å². The lowest BCUT2D eigenvalue weighted by Crippen LogP contribution is -2.56. The summed E-state index contributed by atoms with van der Waals surface area (Å²) in [5.41, 5.74) is 1.38. The Labute approximate surface area is 173 Å². The number of thiophene rings is 1. The lowest BCUT2D eigenvalue weighted by Gasteiger charge is -2.38. The predicted molar refractivity (Wildman–Crippen MR) is 114 cm³/mol. The third-order valence-electron chi connectivity index (χ3n) is 6.37. The molecule has 0 radical (unpaired) electrons. The van der Waals surface area contributed by atoms with E-state index in [1.807, 2.05) is 9.80 Å². The minimum Gasteiger partial charge on any atom is -0.338 e. The smallest absolute Gasteiger partial charge is 0.246 e. The van der Waals surface area contributed by atoms with E-state index in [4.69, 9.17) is 0 Å². The fourth-order valence-corrected chi connectivity index (χ4v) is 7.11. The van der Waals surface area contributed by atoms with Gasteiger partial charge >= 0.3 is 0 Å². The molecular weight excluding hydrogens is 390 g/mol. The number of hydrogen-bond acceptors (Lipinski definition) is 5. The molecule has 3 aliphatic heterocycles. The van der Waals surface area contributed by atoms with Gasteiger partial charge in [-0.2, -0.15) is 0 Å². The number of carbonyl (C=O) groups is 2. The van der Waals surface area contributed by atoms with Crippen molar-refractivity contribution in [3.63, 3.8) is 0 Å². The fraction of sp³-hybridized carbons (Fsp3) is 0.524. The molecule has 148 valence electrons. The quantitative estimate of drug-likeness (QED) is 0.773. The van der Waals surface area contributed by atoms with Crippen LogP contribution in [0.2, 0.25) is 0 Å². The molecule has 3 saturated heterocycles. The van der Waals surface area contributed by atoms with Crippen molar-refractivity contribution < 1.29 is 9.59 Å². The van der Waals surface area contributed by atoms with Gasteiger partial charge in [0.25, 0.3) is 0 Å². The molecule has 0 saturated carbocycles. The number of benzene rings is 1. The van der Waals surface area contributed by atoms with Gasteiger partial charge in [0, 0.05) is 49.6 Å². The largest absolute Gasteiger partial charge is 0.338 e. The number of fused-ring (bicyclic) bond motifs is 2. The van der Waals surface area contributed by atoms with Crippen molar-refractivity contribution >= 4 is 45.0 Å². The first-order chi connectivity index (χ1) is 13.5. The first-order valence-corrected chi connectivity index (χ1v) is 11.8. The number of carbonyl (C=O) groups excluding carboxylic acids is 2. The van der Waals surface area contributed by atoms with Crippen molar-refractivity contribution in [2.45, 2.75) is 37.2 Å². The maximum Gasteiger partial charge on any atom is 0.246 e. The minimum absolute atomic E-state index is 0.145. The summed E-state index contributed by atoms with van der Waals surface area (Å²) in [5.74, 6) is 1.03. The fourth-order valence-electron chi connectivity index (χ4n) is 4.74. The highest BCUT2D eigenvalue weighted by atomic mass is 32.2. The highest BCUT2D eigenvalue weighted by Gasteiger charge is 2.53. The van der Waals surface area contributed by atoms with Crippen molar-refractivity contribution in [2.24, 2.45) is 0 Å². The average molecular weight is 416 g/mol. The van der Waals surface area contributed by atoms with Crippen LogP contribution in [0.5, 0.6) is 0 Å². The summed E-state index contributed by atoms with van der Waals surface area (Å²) in [6, 6.07) is 8.29. The topological polar surface area (TPSA) is 43.9 Å². The summed E-state index contributed by atoms with van der Waals surface area (Å²) in [7, 11) is 0. The molecule has 1 aromatic heterocycles. The zero-order valence-electron chi connectivity index (χ0n) is 16.1. The van der Waals surface area contributed by atoms with Crippen LogP contribution < -0.4 is 0 Å². The van der Waals surface area contributed by atoms with Gasteiger partial charge in [0.15, 0.2) is 0 Å². The molecule has 28 heavy (non-hydrogen) atoms. The second kappa shape index (κ2) is 7.04. The van der Waals surface area contributed by atoms with E-state index in [0.29, 0.717) is 6.42 Å². The number of piperazine rings is 1. The van der Waals surface area contributed by atoms with Crippen LogP contribution in [0.25, 0.3) is 10.1 Å². The lowest BCUT2D eigenvalue weighted by molar-refractivity contribution is -0.144. The summed E-state index contributed by atoms with van der Waals surface area (Å²) in [6.45, 7) is 6.33. The van der Waals surface area contributed by atoms with E-state index >= 15 is 0 Å². The molecule has 0 aliphatic carbocycles. The number of rotatable bonds is 3. The molecule has 3 aliphatic rings. The van der Waals surface area contributed by atoms with E-state index in [2.05, 4.69) is 41.5 Å². The summed E-state index contributed by atoms with van der Waals surface area (Å²) in [5, 5.41) is 3.61. The second-order valence-electron chi connectivity index (χ2n) is 8.12. The predicted octanol–water partition coefficient (Wildman–Crippen LogP) is 3.00. The third-order valence-corrected chi connectivity index (χ3v) is 8.89. The lowest BCUT2D eigenvalue weighted by atomic mass is 10.1. The van der Waals surface area contributed by atoms with Crippen LogP contribution in [0.1, 0.15) is 25.3 Å². The monoisotopic (exact) mass is 415 g/mol. The van der Waals surface area contributed by atoms with Crippen LogP contribution in [0.15, 0.2) is 29.6 Å². The number of nitrogens with zero attached hydrogens (tertiary/aromatic N) is 3. The maximum absolute atomic E-state index is 13.1. The van der Waals surface area contributed by atoms with Crippen LogP contribution >= 0.6 is 23.1 Å². The molecule has 0 N–H and O–H groups in total. The van der Waals surface area contributed by atoms with Crippen molar-refractivity contribution in [1.82, 2.24) is 14.7 Å². The molecule has 2 amide bonds. The van der Waals surface area contributed by atoms with Gasteiger partial charge in [-0.3, -0.25) is 14.5 Å². The van der Waals surface area contributed by atoms with Crippen LogP contribution in [-0.4, -0.2) is 69.4 Å². The molecule has 4 heterocycles. The molecular formula is C21H25N3O2S2. The second-order valence-corrected chi connectivity index (χ2v) is 10.5. The Morgan fingerprint density at radius 3 is 2.82 bits per heavy atom. The molecule has 2 aromatic rings. The van der Waals surface area contributed by atoms with Crippen LogP contribution in [0.3, 0.4) is 0 Å². The highest BCUT2D eigenvalue weighted by Crippen LogP contribution is 2.47. The van der Waals surface area contributed by atoms with Crippen molar-refractivity contribution in [3.05, 3.63) is 35.2 Å². The zero-order chi connectivity index (χ0) is 19.3. The van der Waals surface area contributed by atoms with Gasteiger partial charge in [0.05, 0.1) is 4.87 Å². The molecule has 1 aromatic carbocycles. The molecule has 3 fully saturated rings. The first-order valence-electron chi connectivity index (χ1n) is 9.97. The van der Waals surface area contributed by atoms with Crippen LogP contribution in [0, 0.1) is 0 Å². The summed E-state index contributed by atoms with van der Waals surface area (Å²) in [4.78, 5) is 31.6. The van der Waals surface area contributed by atoms with Gasteiger partial charge in [0.1, 0.15) is 6.04 Å². The normalized spacial score (nSPS) is 28.3. The molecule has 0 bridgehead atoms. The Bertz CT molecular complexity index is 921. The van der Waals surface area contributed by atoms with Crippen LogP contribution in [-0.2, 0) is 16.1 Å². The highest BCUT2D eigenvalue weighted by molar-refractivity contribution is 8.01. The molecule has 5 nitrogen and oxygen atoms in total. The maximum atomic E-state index is 13.1. The van der Waals surface area contributed by atoms with Gasteiger partial charge in [0.2, 0.25) is 11.8 Å². The molecule has 7 heteroatoms. The minimum atomic E-state index is -0.266. The Balaban J connectivity index is 1.21.